The van der Waals surface area contributed by atoms with E-state index in [2.05, 4.69) is 73.7 Å². The van der Waals surface area contributed by atoms with Gasteiger partial charge in [-0.3, -0.25) is 4.99 Å². The van der Waals surface area contributed by atoms with Gasteiger partial charge < -0.3 is 4.57 Å². The zero-order chi connectivity index (χ0) is 24.2. The minimum Gasteiger partial charge on any atom is -0.324 e. The first-order valence-corrected chi connectivity index (χ1v) is 14.1. The Morgan fingerprint density at radius 1 is 1.09 bits per heavy atom. The van der Waals surface area contributed by atoms with Crippen molar-refractivity contribution in [1.82, 2.24) is 0 Å². The molecule has 5 rings (SSSR count). The van der Waals surface area contributed by atoms with Crippen LogP contribution in [0.4, 0.5) is 0 Å². The van der Waals surface area contributed by atoms with Gasteiger partial charge in [0, 0.05) is 17.8 Å². The number of hydrogen-bond acceptors (Lipinski definition) is 2. The van der Waals surface area contributed by atoms with Gasteiger partial charge in [-0.05, 0) is 58.4 Å². The van der Waals surface area contributed by atoms with E-state index in [1.54, 1.807) is 0 Å². The number of allylic oxidation sites excluding steroid dienone is 14. The lowest BCUT2D eigenvalue weighted by atomic mass is 9.83. The molecule has 35 heavy (non-hydrogen) atoms. The molecule has 3 heteroatoms. The highest BCUT2D eigenvalue weighted by Gasteiger charge is 2.24. The summed E-state index contributed by atoms with van der Waals surface area (Å²) in [7, 11) is -1.96. The molecule has 0 aromatic heterocycles. The molecule has 2 aromatic rings. The fourth-order valence-electron chi connectivity index (χ4n) is 5.21. The second-order valence-electron chi connectivity index (χ2n) is 9.29. The highest BCUT2D eigenvalue weighted by molar-refractivity contribution is 7.46. The predicted octanol–water partition coefficient (Wildman–Crippen LogP) is 8.35. The third kappa shape index (κ3) is 4.81. The molecule has 0 heterocycles. The molecule has 2 aromatic carbocycles. The van der Waals surface area contributed by atoms with Gasteiger partial charge in [-0.2, -0.15) is 0 Å². The molecule has 2 nitrogen and oxygen atoms in total. The molecular weight excluding hydrogens is 445 g/mol. The van der Waals surface area contributed by atoms with Crippen molar-refractivity contribution in [2.24, 2.45) is 4.99 Å². The molecule has 176 valence electrons. The van der Waals surface area contributed by atoms with Crippen LogP contribution < -0.4 is 0 Å². The molecule has 0 amide bonds. The van der Waals surface area contributed by atoms with Gasteiger partial charge in [0.1, 0.15) is 7.80 Å². The van der Waals surface area contributed by atoms with Crippen molar-refractivity contribution in [2.75, 3.05) is 0 Å². The van der Waals surface area contributed by atoms with Crippen molar-refractivity contribution in [2.45, 2.75) is 44.0 Å². The van der Waals surface area contributed by atoms with Gasteiger partial charge in [0.2, 0.25) is 0 Å². The van der Waals surface area contributed by atoms with Gasteiger partial charge in [-0.1, -0.05) is 110 Å². The topological polar surface area (TPSA) is 29.4 Å². The first-order valence-electron chi connectivity index (χ1n) is 12.6. The number of hydrogen-bond donors (Lipinski definition) is 0. The van der Waals surface area contributed by atoms with Gasteiger partial charge >= 0.3 is 0 Å². The summed E-state index contributed by atoms with van der Waals surface area (Å²) in [6.45, 7) is 4.14. The molecule has 3 unspecified atom stereocenters. The molecule has 0 spiro atoms. The van der Waals surface area contributed by atoms with Crippen LogP contribution in [-0.2, 0) is 11.0 Å². The Kier molecular flexibility index (Phi) is 7.11. The van der Waals surface area contributed by atoms with Crippen molar-refractivity contribution in [3.63, 3.8) is 0 Å². The average Bonchev–Trinajstić information content (AvgIpc) is 3.33. The quantitative estimate of drug-likeness (QED) is 0.304. The van der Waals surface area contributed by atoms with Gasteiger partial charge in [-0.25, -0.2) is 0 Å². The van der Waals surface area contributed by atoms with Gasteiger partial charge in [0.15, 0.2) is 0 Å². The second-order valence-corrected chi connectivity index (χ2v) is 11.6. The van der Waals surface area contributed by atoms with Crippen LogP contribution in [-0.4, -0.2) is 17.7 Å². The zero-order valence-electron chi connectivity index (χ0n) is 20.4. The standard InChI is InChI=1S/C32H32NOP/c1-3-11-27(22-33-23(2)35(34)28-17-6-4-5-7-18-28)29-19-10-16-25-14-8-12-24-13-9-15-26-20-21-30(29)32(25)31(24)26/h4-11,13-23,28-29,35H,3,12H2,1-2H3/b27-11+,33-22-. The highest BCUT2D eigenvalue weighted by Crippen LogP contribution is 2.42. The van der Waals surface area contributed by atoms with Crippen LogP contribution in [0.15, 0.2) is 114 Å². The molecule has 0 saturated heterocycles. The smallest absolute Gasteiger partial charge is 0.109 e. The molecule has 3 aliphatic carbocycles. The van der Waals surface area contributed by atoms with Crippen LogP contribution in [0.2, 0.25) is 0 Å². The minimum absolute atomic E-state index is 0.0517. The Balaban J connectivity index is 1.52. The fourth-order valence-corrected chi connectivity index (χ4v) is 6.59. The van der Waals surface area contributed by atoms with Crippen LogP contribution in [0.3, 0.4) is 0 Å². The summed E-state index contributed by atoms with van der Waals surface area (Å²) >= 11 is 0. The molecule has 0 fully saturated rings. The van der Waals surface area contributed by atoms with Crippen LogP contribution in [0.25, 0.3) is 16.3 Å². The van der Waals surface area contributed by atoms with E-state index < -0.39 is 7.80 Å². The zero-order valence-corrected chi connectivity index (χ0v) is 21.4. The van der Waals surface area contributed by atoms with Crippen LogP contribution in [0.1, 0.15) is 42.9 Å². The number of nitrogens with zero attached hydrogens (tertiary/aromatic N) is 1. The van der Waals surface area contributed by atoms with E-state index >= 15 is 0 Å². The van der Waals surface area contributed by atoms with Crippen molar-refractivity contribution < 1.29 is 4.57 Å². The maximum Gasteiger partial charge on any atom is 0.109 e. The SMILES string of the molecule is CC/C=C(\C=N/C(C)[PH](=O)C1C=CC=CC=C1)C1C=CC=C2C=CCc3cccc4ccc1c2c34. The van der Waals surface area contributed by atoms with Crippen molar-refractivity contribution in [3.05, 3.63) is 126 Å². The molecule has 0 N–H and O–H groups in total. The molecular formula is C32H32NOP. The maximum absolute atomic E-state index is 13.2. The third-order valence-electron chi connectivity index (χ3n) is 6.96. The summed E-state index contributed by atoms with van der Waals surface area (Å²) in [5, 5.41) is 2.65. The number of aliphatic imine (C=N–C) groups is 1. The maximum atomic E-state index is 13.2. The lowest BCUT2D eigenvalue weighted by molar-refractivity contribution is 0.580. The van der Waals surface area contributed by atoms with E-state index in [4.69, 9.17) is 4.99 Å². The lowest BCUT2D eigenvalue weighted by Crippen LogP contribution is -2.07. The summed E-state index contributed by atoms with van der Waals surface area (Å²) in [5.74, 6) is -0.128. The Morgan fingerprint density at radius 2 is 1.91 bits per heavy atom. The van der Waals surface area contributed by atoms with Gasteiger partial charge in [0.25, 0.3) is 0 Å². The number of benzene rings is 2. The van der Waals surface area contributed by atoms with Gasteiger partial charge in [-0.15, -0.1) is 0 Å². The summed E-state index contributed by atoms with van der Waals surface area (Å²) in [6.07, 6.45) is 29.3. The van der Waals surface area contributed by atoms with Crippen molar-refractivity contribution in [3.8, 4) is 0 Å². The molecule has 0 aliphatic heterocycles. The van der Waals surface area contributed by atoms with E-state index in [1.807, 2.05) is 49.6 Å². The molecule has 0 saturated carbocycles. The van der Waals surface area contributed by atoms with E-state index in [1.165, 1.54) is 33.0 Å². The normalized spacial score (nSPS) is 21.1. The largest absolute Gasteiger partial charge is 0.324 e. The Morgan fingerprint density at radius 3 is 2.71 bits per heavy atom. The lowest BCUT2D eigenvalue weighted by Gasteiger charge is -2.21. The van der Waals surface area contributed by atoms with Crippen LogP contribution >= 0.6 is 7.80 Å². The van der Waals surface area contributed by atoms with Crippen LogP contribution in [0.5, 0.6) is 0 Å². The first-order chi connectivity index (χ1) is 17.2. The Hall–Kier alpha value is -3.22. The fraction of sp³-hybridized carbons (Fsp3) is 0.219. The first kappa shape index (κ1) is 23.5. The minimum atomic E-state index is -1.96. The molecule has 3 aliphatic rings. The molecule has 0 bridgehead atoms. The molecule has 3 atom stereocenters. The van der Waals surface area contributed by atoms with Crippen LogP contribution in [0, 0.1) is 0 Å². The van der Waals surface area contributed by atoms with E-state index in [9.17, 15) is 4.57 Å². The Bertz CT molecular complexity index is 1380. The van der Waals surface area contributed by atoms with E-state index in [-0.39, 0.29) is 17.4 Å². The summed E-state index contributed by atoms with van der Waals surface area (Å²) in [6, 6.07) is 11.2. The number of rotatable bonds is 6. The second kappa shape index (κ2) is 10.6. The summed E-state index contributed by atoms with van der Waals surface area (Å²) in [5.41, 5.74) is 6.39. The monoisotopic (exact) mass is 477 g/mol. The summed E-state index contributed by atoms with van der Waals surface area (Å²) < 4.78 is 13.2. The van der Waals surface area contributed by atoms with E-state index in [0.29, 0.717) is 0 Å². The molecule has 0 radical (unpaired) electrons. The Labute approximate surface area is 209 Å². The third-order valence-corrected chi connectivity index (χ3v) is 8.97. The summed E-state index contributed by atoms with van der Waals surface area (Å²) in [4.78, 5) is 4.85. The average molecular weight is 478 g/mol. The van der Waals surface area contributed by atoms with E-state index in [0.717, 1.165) is 18.4 Å². The van der Waals surface area contributed by atoms with Gasteiger partial charge in [0.05, 0.1) is 5.78 Å². The van der Waals surface area contributed by atoms with Crippen molar-refractivity contribution in [1.29, 1.82) is 0 Å². The highest BCUT2D eigenvalue weighted by atomic mass is 31.1. The van der Waals surface area contributed by atoms with Crippen molar-refractivity contribution >= 4 is 30.4 Å². The predicted molar refractivity (Wildman–Crippen MR) is 153 cm³/mol.